The lowest BCUT2D eigenvalue weighted by Crippen LogP contribution is -2.28. The van der Waals surface area contributed by atoms with Crippen molar-refractivity contribution in [1.29, 1.82) is 0 Å². The number of ether oxygens (including phenoxy) is 1. The van der Waals surface area contributed by atoms with Gasteiger partial charge in [0.25, 0.3) is 0 Å². The molecule has 0 aromatic heterocycles. The molecule has 0 atom stereocenters. The first-order chi connectivity index (χ1) is 11.8. The van der Waals surface area contributed by atoms with Crippen molar-refractivity contribution in [3.8, 4) is 5.75 Å². The van der Waals surface area contributed by atoms with Gasteiger partial charge in [0.2, 0.25) is 5.91 Å². The Morgan fingerprint density at radius 3 is 2.28 bits per heavy atom. The van der Waals surface area contributed by atoms with Crippen LogP contribution >= 0.6 is 0 Å². The second-order valence-corrected chi connectivity index (χ2v) is 7.10. The zero-order valence-corrected chi connectivity index (χ0v) is 15.1. The highest BCUT2D eigenvalue weighted by Crippen LogP contribution is 2.24. The summed E-state index contributed by atoms with van der Waals surface area (Å²) in [4.78, 5) is 11.8. The van der Waals surface area contributed by atoms with E-state index in [-0.39, 0.29) is 17.1 Å². The number of benzene rings is 2. The molecule has 0 bridgehead atoms. The van der Waals surface area contributed by atoms with E-state index in [1.807, 2.05) is 12.1 Å². The average molecular weight is 343 g/mol. The first-order valence-electron chi connectivity index (χ1n) is 8.59. The Bertz CT molecular complexity index is 673. The molecule has 0 radical (unpaired) electrons. The van der Waals surface area contributed by atoms with Crippen LogP contribution in [0, 0.1) is 5.82 Å². The van der Waals surface area contributed by atoms with Gasteiger partial charge in [0.15, 0.2) is 0 Å². The largest absolute Gasteiger partial charge is 0.492 e. The molecule has 1 amide bonds. The van der Waals surface area contributed by atoms with Crippen LogP contribution < -0.4 is 10.1 Å². The third-order valence-corrected chi connectivity index (χ3v) is 3.97. The van der Waals surface area contributed by atoms with Gasteiger partial charge in [0.1, 0.15) is 18.2 Å². The summed E-state index contributed by atoms with van der Waals surface area (Å²) in [5, 5.41) is 2.83. The predicted molar refractivity (Wildman–Crippen MR) is 98.4 cm³/mol. The van der Waals surface area contributed by atoms with E-state index in [1.165, 1.54) is 17.7 Å². The zero-order chi connectivity index (χ0) is 18.3. The summed E-state index contributed by atoms with van der Waals surface area (Å²) in [5.41, 5.74) is 2.33. The third-order valence-electron chi connectivity index (χ3n) is 3.97. The highest BCUT2D eigenvalue weighted by Gasteiger charge is 2.12. The van der Waals surface area contributed by atoms with Crippen LogP contribution in [0.4, 0.5) is 4.39 Å². The lowest BCUT2D eigenvalue weighted by molar-refractivity contribution is -0.121. The zero-order valence-electron chi connectivity index (χ0n) is 15.1. The second-order valence-electron chi connectivity index (χ2n) is 7.10. The van der Waals surface area contributed by atoms with Crippen LogP contribution in [0.5, 0.6) is 5.75 Å². The minimum Gasteiger partial charge on any atom is -0.492 e. The molecule has 0 saturated carbocycles. The highest BCUT2D eigenvalue weighted by atomic mass is 19.1. The molecular weight excluding hydrogens is 317 g/mol. The lowest BCUT2D eigenvalue weighted by Gasteiger charge is -2.19. The van der Waals surface area contributed by atoms with E-state index in [4.69, 9.17) is 4.74 Å². The molecule has 0 aliphatic heterocycles. The topological polar surface area (TPSA) is 38.3 Å². The monoisotopic (exact) mass is 343 g/mol. The van der Waals surface area contributed by atoms with E-state index in [9.17, 15) is 9.18 Å². The fourth-order valence-corrected chi connectivity index (χ4v) is 2.41. The van der Waals surface area contributed by atoms with Crippen molar-refractivity contribution in [2.45, 2.75) is 39.0 Å². The Morgan fingerprint density at radius 2 is 1.68 bits per heavy atom. The quantitative estimate of drug-likeness (QED) is 0.763. The van der Waals surface area contributed by atoms with E-state index in [0.717, 1.165) is 11.3 Å². The summed E-state index contributed by atoms with van der Waals surface area (Å²) in [6.07, 6.45) is 0.979. The SMILES string of the molecule is CC(C)(C)c1ccc(OCCNC(=O)CCc2ccc(F)cc2)cc1. The molecule has 1 N–H and O–H groups in total. The molecule has 0 aliphatic carbocycles. The smallest absolute Gasteiger partial charge is 0.220 e. The van der Waals surface area contributed by atoms with Crippen molar-refractivity contribution in [3.05, 3.63) is 65.5 Å². The van der Waals surface area contributed by atoms with E-state index in [0.29, 0.717) is 26.0 Å². The minimum absolute atomic E-state index is 0.0315. The van der Waals surface area contributed by atoms with Crippen molar-refractivity contribution in [1.82, 2.24) is 5.32 Å². The summed E-state index contributed by atoms with van der Waals surface area (Å²) in [5.74, 6) is 0.505. The molecule has 25 heavy (non-hydrogen) atoms. The van der Waals surface area contributed by atoms with Crippen molar-refractivity contribution in [2.24, 2.45) is 0 Å². The third kappa shape index (κ3) is 6.57. The van der Waals surface area contributed by atoms with Gasteiger partial charge in [-0.3, -0.25) is 4.79 Å². The van der Waals surface area contributed by atoms with E-state index in [1.54, 1.807) is 12.1 Å². The van der Waals surface area contributed by atoms with E-state index >= 15 is 0 Å². The molecule has 0 spiro atoms. The van der Waals surface area contributed by atoms with Crippen LogP contribution in [0.2, 0.25) is 0 Å². The molecule has 2 aromatic rings. The van der Waals surface area contributed by atoms with Crippen molar-refractivity contribution in [2.75, 3.05) is 13.2 Å². The maximum Gasteiger partial charge on any atom is 0.220 e. The summed E-state index contributed by atoms with van der Waals surface area (Å²) >= 11 is 0. The number of halogens is 1. The fourth-order valence-electron chi connectivity index (χ4n) is 2.41. The average Bonchev–Trinajstić information content (AvgIpc) is 2.58. The molecule has 0 aliphatic rings. The van der Waals surface area contributed by atoms with Crippen LogP contribution in [0.1, 0.15) is 38.3 Å². The maximum atomic E-state index is 12.8. The standard InChI is InChI=1S/C21H26FNO2/c1-21(2,3)17-7-11-19(12-8-17)25-15-14-23-20(24)13-6-16-4-9-18(22)10-5-16/h4-5,7-12H,6,13-15H2,1-3H3,(H,23,24). The second kappa shape index (κ2) is 8.65. The Kier molecular flexibility index (Phi) is 6.57. The summed E-state index contributed by atoms with van der Waals surface area (Å²) in [6, 6.07) is 14.3. The van der Waals surface area contributed by atoms with Crippen molar-refractivity contribution in [3.63, 3.8) is 0 Å². The Morgan fingerprint density at radius 1 is 1.04 bits per heavy atom. The summed E-state index contributed by atoms with van der Waals surface area (Å²) < 4.78 is 18.5. The minimum atomic E-state index is -0.263. The summed E-state index contributed by atoms with van der Waals surface area (Å²) in [7, 11) is 0. The molecule has 0 unspecified atom stereocenters. The molecule has 4 heteroatoms. The van der Waals surface area contributed by atoms with Gasteiger partial charge in [0, 0.05) is 6.42 Å². The normalized spacial score (nSPS) is 11.2. The first-order valence-corrected chi connectivity index (χ1v) is 8.59. The van der Waals surface area contributed by atoms with Gasteiger partial charge in [-0.15, -0.1) is 0 Å². The Hall–Kier alpha value is -2.36. The van der Waals surface area contributed by atoms with E-state index < -0.39 is 0 Å². The number of aryl methyl sites for hydroxylation is 1. The lowest BCUT2D eigenvalue weighted by atomic mass is 9.87. The molecule has 0 heterocycles. The number of rotatable bonds is 7. The molecule has 2 rings (SSSR count). The van der Waals surface area contributed by atoms with Crippen molar-refractivity contribution < 1.29 is 13.9 Å². The fraction of sp³-hybridized carbons (Fsp3) is 0.381. The van der Waals surface area contributed by atoms with Crippen molar-refractivity contribution >= 4 is 5.91 Å². The van der Waals surface area contributed by atoms with Gasteiger partial charge in [-0.1, -0.05) is 45.0 Å². The molecular formula is C21H26FNO2. The molecule has 3 nitrogen and oxygen atoms in total. The van der Waals surface area contributed by atoms with Gasteiger partial charge >= 0.3 is 0 Å². The number of carbonyl (C=O) groups excluding carboxylic acids is 1. The Balaban J connectivity index is 1.65. The Labute approximate surface area is 149 Å². The van der Waals surface area contributed by atoms with Gasteiger partial charge in [-0.25, -0.2) is 4.39 Å². The van der Waals surface area contributed by atoms with Gasteiger partial charge in [-0.05, 0) is 47.2 Å². The molecule has 0 fully saturated rings. The van der Waals surface area contributed by atoms with Gasteiger partial charge in [0.05, 0.1) is 6.54 Å². The van der Waals surface area contributed by atoms with Gasteiger partial charge < -0.3 is 10.1 Å². The number of amides is 1. The predicted octanol–water partition coefficient (Wildman–Crippen LogP) is 4.25. The van der Waals surface area contributed by atoms with Crippen LogP contribution in [0.15, 0.2) is 48.5 Å². The van der Waals surface area contributed by atoms with Gasteiger partial charge in [-0.2, -0.15) is 0 Å². The number of carbonyl (C=O) groups is 1. The number of nitrogens with one attached hydrogen (secondary N) is 1. The number of hydrogen-bond donors (Lipinski definition) is 1. The van der Waals surface area contributed by atoms with Crippen LogP contribution in [0.25, 0.3) is 0 Å². The maximum absolute atomic E-state index is 12.8. The molecule has 134 valence electrons. The van der Waals surface area contributed by atoms with Crippen LogP contribution in [-0.2, 0) is 16.6 Å². The van der Waals surface area contributed by atoms with E-state index in [2.05, 4.69) is 38.2 Å². The first kappa shape index (κ1) is 19.0. The van der Waals surface area contributed by atoms with Crippen LogP contribution in [0.3, 0.4) is 0 Å². The summed E-state index contributed by atoms with van der Waals surface area (Å²) in [6.45, 7) is 7.40. The van der Waals surface area contributed by atoms with Crippen LogP contribution in [-0.4, -0.2) is 19.1 Å². The highest BCUT2D eigenvalue weighted by molar-refractivity contribution is 5.76. The molecule has 2 aromatic carbocycles. The molecule has 0 saturated heterocycles. The number of hydrogen-bond acceptors (Lipinski definition) is 2.